The van der Waals surface area contributed by atoms with Crippen LogP contribution in [0.1, 0.15) is 21.5 Å². The molecule has 0 heterocycles. The highest BCUT2D eigenvalue weighted by Crippen LogP contribution is 2.34. The van der Waals surface area contributed by atoms with Gasteiger partial charge in [-0.2, -0.15) is 26.3 Å². The molecule has 7 heteroatoms. The molecular formula is C15H8F6O. The van der Waals surface area contributed by atoms with Crippen molar-refractivity contribution in [3.05, 3.63) is 59.2 Å². The van der Waals surface area contributed by atoms with E-state index in [9.17, 15) is 31.1 Å². The predicted octanol–water partition coefficient (Wildman–Crippen LogP) is 5.20. The van der Waals surface area contributed by atoms with Crippen molar-refractivity contribution in [1.82, 2.24) is 0 Å². The molecule has 0 aromatic heterocycles. The highest BCUT2D eigenvalue weighted by Gasteiger charge is 2.32. The second-order valence-corrected chi connectivity index (χ2v) is 4.53. The van der Waals surface area contributed by atoms with E-state index in [2.05, 4.69) is 0 Å². The number of aldehydes is 1. The fourth-order valence-corrected chi connectivity index (χ4v) is 1.90. The first-order valence-electron chi connectivity index (χ1n) is 5.96. The number of rotatable bonds is 2. The Hall–Kier alpha value is -2.31. The minimum absolute atomic E-state index is 0.0191. The van der Waals surface area contributed by atoms with Crippen molar-refractivity contribution in [3.8, 4) is 11.1 Å². The SMILES string of the molecule is O=Cc1cc(-c2ccc(C(F)(F)F)cc2)cc(C(F)(F)F)c1. The van der Waals surface area contributed by atoms with Crippen LogP contribution in [0.3, 0.4) is 0 Å². The van der Waals surface area contributed by atoms with E-state index in [-0.39, 0.29) is 23.0 Å². The molecule has 0 spiro atoms. The number of benzene rings is 2. The third kappa shape index (κ3) is 3.47. The first kappa shape index (κ1) is 16.1. The average molecular weight is 318 g/mol. The number of halogens is 6. The Morgan fingerprint density at radius 1 is 0.682 bits per heavy atom. The van der Waals surface area contributed by atoms with E-state index in [1.54, 1.807) is 0 Å². The lowest BCUT2D eigenvalue weighted by Crippen LogP contribution is -2.06. The van der Waals surface area contributed by atoms with Gasteiger partial charge in [0.1, 0.15) is 6.29 Å². The lowest BCUT2D eigenvalue weighted by atomic mass is 9.99. The fraction of sp³-hybridized carbons (Fsp3) is 0.133. The normalized spacial score (nSPS) is 12.3. The lowest BCUT2D eigenvalue weighted by molar-refractivity contribution is -0.138. The highest BCUT2D eigenvalue weighted by molar-refractivity contribution is 5.79. The summed E-state index contributed by atoms with van der Waals surface area (Å²) in [5.74, 6) is 0. The third-order valence-corrected chi connectivity index (χ3v) is 2.96. The molecule has 0 N–H and O–H groups in total. The van der Waals surface area contributed by atoms with Crippen molar-refractivity contribution in [2.75, 3.05) is 0 Å². The Morgan fingerprint density at radius 2 is 1.23 bits per heavy atom. The number of hydrogen-bond donors (Lipinski definition) is 0. The van der Waals surface area contributed by atoms with Crippen LogP contribution in [-0.2, 0) is 12.4 Å². The molecule has 0 radical (unpaired) electrons. The van der Waals surface area contributed by atoms with Gasteiger partial charge < -0.3 is 0 Å². The van der Waals surface area contributed by atoms with Crippen LogP contribution in [0.15, 0.2) is 42.5 Å². The van der Waals surface area contributed by atoms with Crippen molar-refractivity contribution in [2.45, 2.75) is 12.4 Å². The lowest BCUT2D eigenvalue weighted by Gasteiger charge is -2.11. The largest absolute Gasteiger partial charge is 0.416 e. The van der Waals surface area contributed by atoms with Gasteiger partial charge in [-0.05, 0) is 41.5 Å². The molecule has 2 rings (SSSR count). The molecular weight excluding hydrogens is 310 g/mol. The molecule has 0 bridgehead atoms. The molecule has 22 heavy (non-hydrogen) atoms. The molecule has 2 aromatic rings. The van der Waals surface area contributed by atoms with Crippen molar-refractivity contribution < 1.29 is 31.1 Å². The summed E-state index contributed by atoms with van der Waals surface area (Å²) in [6.45, 7) is 0. The predicted molar refractivity (Wildman–Crippen MR) is 67.3 cm³/mol. The molecule has 0 unspecified atom stereocenters. The molecule has 2 aromatic carbocycles. The van der Waals surface area contributed by atoms with Crippen molar-refractivity contribution in [1.29, 1.82) is 0 Å². The monoisotopic (exact) mass is 318 g/mol. The van der Waals surface area contributed by atoms with E-state index in [1.807, 2.05) is 0 Å². The summed E-state index contributed by atoms with van der Waals surface area (Å²) in [5.41, 5.74) is -1.97. The zero-order valence-electron chi connectivity index (χ0n) is 10.8. The molecule has 0 amide bonds. The topological polar surface area (TPSA) is 17.1 Å². The quantitative estimate of drug-likeness (QED) is 0.549. The van der Waals surface area contributed by atoms with Gasteiger partial charge in [0.2, 0.25) is 0 Å². The second kappa shape index (κ2) is 5.47. The minimum atomic E-state index is -4.65. The molecule has 0 aliphatic heterocycles. The zero-order chi connectivity index (χ0) is 16.5. The van der Waals surface area contributed by atoms with Crippen LogP contribution in [0.25, 0.3) is 11.1 Å². The molecule has 0 atom stereocenters. The Morgan fingerprint density at radius 3 is 1.68 bits per heavy atom. The summed E-state index contributed by atoms with van der Waals surface area (Å²) in [4.78, 5) is 10.7. The standard InChI is InChI=1S/C15H8F6O/c16-14(17,18)12-3-1-10(2-4-12)11-5-9(8-22)6-13(7-11)15(19,20)21/h1-8H. The van der Waals surface area contributed by atoms with Crippen LogP contribution in [0.5, 0.6) is 0 Å². The maximum atomic E-state index is 12.8. The summed E-state index contributed by atoms with van der Waals surface area (Å²) >= 11 is 0. The van der Waals surface area contributed by atoms with Gasteiger partial charge in [-0.15, -0.1) is 0 Å². The maximum absolute atomic E-state index is 12.8. The van der Waals surface area contributed by atoms with E-state index in [0.717, 1.165) is 30.3 Å². The molecule has 0 aliphatic rings. The van der Waals surface area contributed by atoms with Gasteiger partial charge in [0, 0.05) is 5.56 Å². The van der Waals surface area contributed by atoms with Gasteiger partial charge in [0.15, 0.2) is 0 Å². The van der Waals surface area contributed by atoms with E-state index in [0.29, 0.717) is 6.07 Å². The van der Waals surface area contributed by atoms with Crippen LogP contribution in [0.2, 0.25) is 0 Å². The summed E-state index contributed by atoms with van der Waals surface area (Å²) < 4.78 is 75.7. The van der Waals surface area contributed by atoms with Gasteiger partial charge in [0.05, 0.1) is 11.1 Å². The molecule has 1 nitrogen and oxygen atoms in total. The maximum Gasteiger partial charge on any atom is 0.416 e. The number of alkyl halides is 6. The van der Waals surface area contributed by atoms with E-state index < -0.39 is 23.5 Å². The summed E-state index contributed by atoms with van der Waals surface area (Å²) in [6, 6.07) is 6.33. The number of carbonyl (C=O) groups excluding carboxylic acids is 1. The van der Waals surface area contributed by atoms with Gasteiger partial charge >= 0.3 is 12.4 Å². The highest BCUT2D eigenvalue weighted by atomic mass is 19.4. The van der Waals surface area contributed by atoms with Gasteiger partial charge in [-0.1, -0.05) is 12.1 Å². The third-order valence-electron chi connectivity index (χ3n) is 2.96. The first-order chi connectivity index (χ1) is 10.1. The van der Waals surface area contributed by atoms with Crippen LogP contribution >= 0.6 is 0 Å². The van der Waals surface area contributed by atoms with Crippen molar-refractivity contribution in [3.63, 3.8) is 0 Å². The number of hydrogen-bond acceptors (Lipinski definition) is 1. The molecule has 0 aliphatic carbocycles. The molecule has 0 fully saturated rings. The van der Waals surface area contributed by atoms with Gasteiger partial charge in [-0.25, -0.2) is 0 Å². The van der Waals surface area contributed by atoms with Crippen molar-refractivity contribution in [2.24, 2.45) is 0 Å². The minimum Gasteiger partial charge on any atom is -0.298 e. The van der Waals surface area contributed by atoms with Gasteiger partial charge in [0.25, 0.3) is 0 Å². The molecule has 0 saturated carbocycles. The zero-order valence-corrected chi connectivity index (χ0v) is 10.8. The van der Waals surface area contributed by atoms with Crippen LogP contribution in [0.4, 0.5) is 26.3 Å². The van der Waals surface area contributed by atoms with E-state index in [1.165, 1.54) is 6.07 Å². The van der Waals surface area contributed by atoms with E-state index >= 15 is 0 Å². The molecule has 0 saturated heterocycles. The van der Waals surface area contributed by atoms with Crippen LogP contribution < -0.4 is 0 Å². The average Bonchev–Trinajstić information content (AvgIpc) is 2.45. The van der Waals surface area contributed by atoms with Crippen LogP contribution in [-0.4, -0.2) is 6.29 Å². The van der Waals surface area contributed by atoms with Crippen LogP contribution in [0, 0.1) is 0 Å². The summed E-state index contributed by atoms with van der Waals surface area (Å²) in [6.07, 6.45) is -8.93. The number of carbonyl (C=O) groups is 1. The molecule has 116 valence electrons. The van der Waals surface area contributed by atoms with Gasteiger partial charge in [-0.3, -0.25) is 4.79 Å². The Bertz CT molecular complexity index is 683. The Balaban J connectivity index is 2.50. The Labute approximate surface area is 121 Å². The smallest absolute Gasteiger partial charge is 0.298 e. The fourth-order valence-electron chi connectivity index (χ4n) is 1.90. The summed E-state index contributed by atoms with van der Waals surface area (Å²) in [7, 11) is 0. The van der Waals surface area contributed by atoms with Crippen molar-refractivity contribution >= 4 is 6.29 Å². The summed E-state index contributed by atoms with van der Waals surface area (Å²) in [5, 5.41) is 0. The first-order valence-corrected chi connectivity index (χ1v) is 5.96. The second-order valence-electron chi connectivity index (χ2n) is 4.53. The Kier molecular flexibility index (Phi) is 4.00. The van der Waals surface area contributed by atoms with E-state index in [4.69, 9.17) is 0 Å².